The van der Waals surface area contributed by atoms with Gasteiger partial charge in [-0.3, -0.25) is 10.7 Å². The molecule has 1 aromatic heterocycles. The third kappa shape index (κ3) is 1.78. The summed E-state index contributed by atoms with van der Waals surface area (Å²) in [6.07, 6.45) is 1.57. The summed E-state index contributed by atoms with van der Waals surface area (Å²) < 4.78 is 0. The molecule has 0 aliphatic rings. The monoisotopic (exact) mass is 154 g/mol. The molecule has 2 N–H and O–H groups in total. The van der Waals surface area contributed by atoms with Crippen molar-refractivity contribution < 1.29 is 5.21 Å². The number of anilines is 2. The zero-order valence-corrected chi connectivity index (χ0v) is 6.44. The van der Waals surface area contributed by atoms with E-state index in [4.69, 9.17) is 5.21 Å². The summed E-state index contributed by atoms with van der Waals surface area (Å²) in [5, 5.41) is 8.49. The van der Waals surface area contributed by atoms with E-state index in [9.17, 15) is 0 Å². The average Bonchev–Trinajstić information content (AvgIpc) is 2.05. The van der Waals surface area contributed by atoms with E-state index < -0.39 is 0 Å². The molecule has 0 saturated carbocycles. The Balaban J connectivity index is 2.91. The summed E-state index contributed by atoms with van der Waals surface area (Å²) in [6.45, 7) is 0. The average molecular weight is 154 g/mol. The highest BCUT2D eigenvalue weighted by Gasteiger charge is 1.98. The molecule has 0 aromatic carbocycles. The second-order valence-corrected chi connectivity index (χ2v) is 2.25. The van der Waals surface area contributed by atoms with Crippen molar-refractivity contribution in [2.75, 3.05) is 24.5 Å². The molecular weight excluding hydrogens is 144 g/mol. The Morgan fingerprint density at radius 1 is 1.55 bits per heavy atom. The largest absolute Gasteiger partial charge is 0.347 e. The van der Waals surface area contributed by atoms with E-state index in [1.165, 1.54) is 0 Å². The first kappa shape index (κ1) is 7.74. The Labute approximate surface area is 64.7 Å². The summed E-state index contributed by atoms with van der Waals surface area (Å²) in [6, 6.07) is 1.58. The molecule has 0 fully saturated rings. The van der Waals surface area contributed by atoms with Crippen LogP contribution in [-0.4, -0.2) is 29.3 Å². The van der Waals surface area contributed by atoms with Crippen molar-refractivity contribution in [1.82, 2.24) is 9.97 Å². The lowest BCUT2D eigenvalue weighted by Gasteiger charge is -2.09. The first-order valence-electron chi connectivity index (χ1n) is 3.14. The van der Waals surface area contributed by atoms with Gasteiger partial charge in [-0.2, -0.15) is 4.98 Å². The predicted molar refractivity (Wildman–Crippen MR) is 41.8 cm³/mol. The Morgan fingerprint density at radius 2 is 2.27 bits per heavy atom. The van der Waals surface area contributed by atoms with Crippen molar-refractivity contribution in [2.45, 2.75) is 0 Å². The fraction of sp³-hybridized carbons (Fsp3) is 0.333. The number of nitrogens with zero attached hydrogens (tertiary/aromatic N) is 3. The van der Waals surface area contributed by atoms with Gasteiger partial charge in [0.25, 0.3) is 0 Å². The highest BCUT2D eigenvalue weighted by molar-refractivity contribution is 5.38. The van der Waals surface area contributed by atoms with Gasteiger partial charge in [0.2, 0.25) is 5.95 Å². The number of nitrogens with one attached hydrogen (secondary N) is 1. The molecule has 0 bridgehead atoms. The van der Waals surface area contributed by atoms with E-state index in [-0.39, 0.29) is 0 Å². The Hall–Kier alpha value is -1.36. The molecular formula is C6H10N4O. The minimum absolute atomic E-state index is 0.392. The van der Waals surface area contributed by atoms with Crippen molar-refractivity contribution in [3.63, 3.8) is 0 Å². The van der Waals surface area contributed by atoms with Gasteiger partial charge >= 0.3 is 0 Å². The number of aromatic nitrogens is 2. The molecule has 1 rings (SSSR count). The Kier molecular flexibility index (Phi) is 2.22. The topological polar surface area (TPSA) is 61.3 Å². The zero-order chi connectivity index (χ0) is 8.27. The van der Waals surface area contributed by atoms with Crippen molar-refractivity contribution in [3.05, 3.63) is 12.3 Å². The summed E-state index contributed by atoms with van der Waals surface area (Å²) in [5.41, 5.74) is 1.94. The van der Waals surface area contributed by atoms with Crippen LogP contribution in [0.15, 0.2) is 12.3 Å². The van der Waals surface area contributed by atoms with E-state index in [2.05, 4.69) is 9.97 Å². The normalized spacial score (nSPS) is 9.36. The van der Waals surface area contributed by atoms with E-state index in [0.29, 0.717) is 11.8 Å². The lowest BCUT2D eigenvalue weighted by molar-refractivity contribution is 0.386. The van der Waals surface area contributed by atoms with Gasteiger partial charge in [0, 0.05) is 26.4 Å². The lowest BCUT2D eigenvalue weighted by Crippen LogP contribution is -2.13. The molecule has 0 unspecified atom stereocenters. The molecule has 0 atom stereocenters. The van der Waals surface area contributed by atoms with Crippen LogP contribution in [0.5, 0.6) is 0 Å². The fourth-order valence-corrected chi connectivity index (χ4v) is 0.626. The molecule has 0 radical (unpaired) electrons. The molecule has 1 aromatic rings. The highest BCUT2D eigenvalue weighted by atomic mass is 16.5. The number of rotatable bonds is 2. The predicted octanol–water partition coefficient (Wildman–Crippen LogP) is 0.344. The van der Waals surface area contributed by atoms with Crippen molar-refractivity contribution in [2.24, 2.45) is 0 Å². The van der Waals surface area contributed by atoms with Gasteiger partial charge in [-0.25, -0.2) is 4.98 Å². The van der Waals surface area contributed by atoms with Gasteiger partial charge < -0.3 is 4.90 Å². The summed E-state index contributed by atoms with van der Waals surface area (Å²) in [5.74, 6) is 0.952. The van der Waals surface area contributed by atoms with Crippen LogP contribution in [0.3, 0.4) is 0 Å². The van der Waals surface area contributed by atoms with Crippen LogP contribution in [0.25, 0.3) is 0 Å². The van der Waals surface area contributed by atoms with Crippen LogP contribution < -0.4 is 10.4 Å². The fourth-order valence-electron chi connectivity index (χ4n) is 0.626. The van der Waals surface area contributed by atoms with Gasteiger partial charge in [0.05, 0.1) is 0 Å². The molecule has 11 heavy (non-hydrogen) atoms. The third-order valence-electron chi connectivity index (χ3n) is 1.16. The summed E-state index contributed by atoms with van der Waals surface area (Å²) in [4.78, 5) is 9.65. The zero-order valence-electron chi connectivity index (χ0n) is 6.44. The van der Waals surface area contributed by atoms with Gasteiger partial charge in [0.1, 0.15) is 0 Å². The van der Waals surface area contributed by atoms with Gasteiger partial charge in [-0.15, -0.1) is 0 Å². The van der Waals surface area contributed by atoms with Crippen molar-refractivity contribution >= 4 is 11.8 Å². The Bertz CT molecular complexity index is 238. The molecule has 1 heterocycles. The number of hydrogen-bond donors (Lipinski definition) is 2. The molecule has 60 valence electrons. The quantitative estimate of drug-likeness (QED) is 0.601. The maximum Gasteiger partial charge on any atom is 0.226 e. The third-order valence-corrected chi connectivity index (χ3v) is 1.16. The van der Waals surface area contributed by atoms with Crippen molar-refractivity contribution in [3.8, 4) is 0 Å². The molecule has 0 aliphatic heterocycles. The molecule has 0 spiro atoms. The summed E-state index contributed by atoms with van der Waals surface area (Å²) in [7, 11) is 3.66. The van der Waals surface area contributed by atoms with Crippen LogP contribution in [0, 0.1) is 0 Å². The minimum Gasteiger partial charge on any atom is -0.347 e. The molecule has 5 heteroatoms. The van der Waals surface area contributed by atoms with Crippen LogP contribution in [0.2, 0.25) is 0 Å². The van der Waals surface area contributed by atoms with E-state index in [1.54, 1.807) is 17.2 Å². The first-order chi connectivity index (χ1) is 5.24. The maximum absolute atomic E-state index is 8.49. The van der Waals surface area contributed by atoms with Crippen LogP contribution in [-0.2, 0) is 0 Å². The van der Waals surface area contributed by atoms with Gasteiger partial charge in [0.15, 0.2) is 5.82 Å². The molecule has 5 nitrogen and oxygen atoms in total. The standard InChI is InChI=1S/C6H10N4O/c1-10(2)6-7-4-3-5(8-6)9-11/h3-4,11H,1-2H3,(H,7,8,9). The molecule has 0 amide bonds. The second-order valence-electron chi connectivity index (χ2n) is 2.25. The summed E-state index contributed by atoms with van der Waals surface area (Å²) >= 11 is 0. The maximum atomic E-state index is 8.49. The van der Waals surface area contributed by atoms with Gasteiger partial charge in [-0.05, 0) is 0 Å². The molecule has 0 aliphatic carbocycles. The second kappa shape index (κ2) is 3.16. The van der Waals surface area contributed by atoms with Crippen LogP contribution >= 0.6 is 0 Å². The van der Waals surface area contributed by atoms with E-state index in [1.807, 2.05) is 19.6 Å². The highest BCUT2D eigenvalue weighted by Crippen LogP contribution is 2.05. The SMILES string of the molecule is CN(C)c1nccc(NO)n1. The Morgan fingerprint density at radius 3 is 2.82 bits per heavy atom. The molecule has 0 saturated heterocycles. The first-order valence-corrected chi connectivity index (χ1v) is 3.14. The van der Waals surface area contributed by atoms with E-state index >= 15 is 0 Å². The van der Waals surface area contributed by atoms with Crippen molar-refractivity contribution in [1.29, 1.82) is 0 Å². The van der Waals surface area contributed by atoms with Crippen LogP contribution in [0.4, 0.5) is 11.8 Å². The smallest absolute Gasteiger partial charge is 0.226 e. The lowest BCUT2D eigenvalue weighted by atomic mass is 10.6. The number of hydrogen-bond acceptors (Lipinski definition) is 5. The van der Waals surface area contributed by atoms with Gasteiger partial charge in [-0.1, -0.05) is 0 Å². The van der Waals surface area contributed by atoms with Crippen LogP contribution in [0.1, 0.15) is 0 Å². The van der Waals surface area contributed by atoms with E-state index in [0.717, 1.165) is 0 Å². The minimum atomic E-state index is 0.392.